The lowest BCUT2D eigenvalue weighted by molar-refractivity contribution is 0.0529. The second-order valence-corrected chi connectivity index (χ2v) is 5.07. The Balaban J connectivity index is 2.50. The molecule has 0 unspecified atom stereocenters. The Morgan fingerprint density at radius 3 is 2.70 bits per heavy atom. The fourth-order valence-corrected chi connectivity index (χ4v) is 2.59. The van der Waals surface area contributed by atoms with Gasteiger partial charge in [-0.25, -0.2) is 4.79 Å². The first-order valence-corrected chi connectivity index (χ1v) is 7.79. The van der Waals surface area contributed by atoms with Gasteiger partial charge in [0.1, 0.15) is 10.6 Å². The molecule has 0 aliphatic carbocycles. The highest BCUT2D eigenvalue weighted by Crippen LogP contribution is 2.27. The third-order valence-electron chi connectivity index (χ3n) is 3.03. The van der Waals surface area contributed by atoms with Crippen LogP contribution in [0.15, 0.2) is 0 Å². The summed E-state index contributed by atoms with van der Waals surface area (Å²) in [4.78, 5) is 14.2. The first-order chi connectivity index (χ1) is 9.63. The van der Waals surface area contributed by atoms with Gasteiger partial charge in [0.15, 0.2) is 5.82 Å². The van der Waals surface area contributed by atoms with Gasteiger partial charge in [0.25, 0.3) is 0 Å². The number of hydrogen-bond donors (Lipinski definition) is 2. The van der Waals surface area contributed by atoms with Gasteiger partial charge in [-0.15, -0.1) is 0 Å². The summed E-state index contributed by atoms with van der Waals surface area (Å²) in [7, 11) is 0. The van der Waals surface area contributed by atoms with Gasteiger partial charge in [0, 0.05) is 6.54 Å². The van der Waals surface area contributed by atoms with Crippen LogP contribution in [0.2, 0.25) is 0 Å². The summed E-state index contributed by atoms with van der Waals surface area (Å²) in [6.07, 6.45) is 1.00. The zero-order valence-corrected chi connectivity index (χ0v) is 13.3. The highest BCUT2D eigenvalue weighted by molar-refractivity contribution is 7.11. The molecule has 20 heavy (non-hydrogen) atoms. The Morgan fingerprint density at radius 2 is 2.10 bits per heavy atom. The first kappa shape index (κ1) is 16.7. The smallest absolute Gasteiger partial charge is 0.344 e. The Labute approximate surface area is 124 Å². The molecule has 0 aliphatic rings. The number of ether oxygens (including phenoxy) is 1. The van der Waals surface area contributed by atoms with E-state index in [1.54, 1.807) is 6.92 Å². The second kappa shape index (κ2) is 8.76. The van der Waals surface area contributed by atoms with Crippen LogP contribution >= 0.6 is 11.5 Å². The van der Waals surface area contributed by atoms with Crippen molar-refractivity contribution in [3.63, 3.8) is 0 Å². The van der Waals surface area contributed by atoms with Crippen molar-refractivity contribution in [3.05, 3.63) is 5.56 Å². The molecule has 0 fully saturated rings. The molecule has 6 nitrogen and oxygen atoms in total. The fraction of sp³-hybridized carbons (Fsp3) is 0.692. The molecule has 1 heterocycles. The number of nitrogen functional groups attached to an aromatic ring is 1. The number of hydrogen-bond acceptors (Lipinski definition) is 7. The second-order valence-electron chi connectivity index (χ2n) is 4.30. The highest BCUT2D eigenvalue weighted by Gasteiger charge is 2.20. The van der Waals surface area contributed by atoms with Crippen LogP contribution < -0.4 is 11.1 Å². The third-order valence-corrected chi connectivity index (χ3v) is 3.85. The molecule has 0 bridgehead atoms. The molecule has 7 heteroatoms. The number of carbonyl (C=O) groups is 1. The summed E-state index contributed by atoms with van der Waals surface area (Å²) in [5.74, 6) is -0.176. The standard InChI is InChI=1S/C13H24N4O2S/c1-4-17(5-2)9-7-8-15-12-10(11(14)16-20-12)13(18)19-6-3/h15H,4-9H2,1-3H3,(H2,14,16). The molecular weight excluding hydrogens is 276 g/mol. The molecule has 0 spiro atoms. The first-order valence-electron chi connectivity index (χ1n) is 7.02. The van der Waals surface area contributed by atoms with E-state index in [1.807, 2.05) is 0 Å². The summed E-state index contributed by atoms with van der Waals surface area (Å²) < 4.78 is 9.00. The number of nitrogens with two attached hydrogens (primary N) is 1. The van der Waals surface area contributed by atoms with Gasteiger partial charge in [0.05, 0.1) is 6.61 Å². The molecule has 1 rings (SSSR count). The van der Waals surface area contributed by atoms with Crippen LogP contribution in [0.1, 0.15) is 37.6 Å². The van der Waals surface area contributed by atoms with Gasteiger partial charge in [-0.05, 0) is 44.5 Å². The Morgan fingerprint density at radius 1 is 1.40 bits per heavy atom. The minimum Gasteiger partial charge on any atom is -0.462 e. The Hall–Kier alpha value is -1.34. The normalized spacial score (nSPS) is 10.8. The Bertz CT molecular complexity index is 419. The molecule has 0 aliphatic heterocycles. The van der Waals surface area contributed by atoms with Gasteiger partial charge in [-0.1, -0.05) is 13.8 Å². The number of aromatic nitrogens is 1. The average Bonchev–Trinajstić information content (AvgIpc) is 2.80. The topological polar surface area (TPSA) is 80.5 Å². The van der Waals surface area contributed by atoms with Gasteiger partial charge >= 0.3 is 5.97 Å². The molecule has 0 aromatic carbocycles. The Kier molecular flexibility index (Phi) is 7.32. The predicted molar refractivity (Wildman–Crippen MR) is 83.4 cm³/mol. The monoisotopic (exact) mass is 300 g/mol. The van der Waals surface area contributed by atoms with Crippen LogP contribution in [-0.4, -0.2) is 48.0 Å². The molecule has 0 saturated carbocycles. The molecule has 0 radical (unpaired) electrons. The zero-order chi connectivity index (χ0) is 15.0. The maximum Gasteiger partial charge on any atom is 0.344 e. The van der Waals surface area contributed by atoms with Crippen molar-refractivity contribution in [1.82, 2.24) is 9.27 Å². The van der Waals surface area contributed by atoms with Crippen molar-refractivity contribution < 1.29 is 9.53 Å². The van der Waals surface area contributed by atoms with Gasteiger partial charge in [-0.3, -0.25) is 0 Å². The number of carbonyl (C=O) groups excluding carboxylic acids is 1. The summed E-state index contributed by atoms with van der Waals surface area (Å²) in [5.41, 5.74) is 6.08. The lowest BCUT2D eigenvalue weighted by atomic mass is 10.3. The molecule has 3 N–H and O–H groups in total. The van der Waals surface area contributed by atoms with Crippen molar-refractivity contribution in [2.24, 2.45) is 0 Å². The number of nitrogens with one attached hydrogen (secondary N) is 1. The zero-order valence-electron chi connectivity index (χ0n) is 12.4. The lowest BCUT2D eigenvalue weighted by Gasteiger charge is -2.17. The van der Waals surface area contributed by atoms with Crippen molar-refractivity contribution >= 4 is 28.3 Å². The lowest BCUT2D eigenvalue weighted by Crippen LogP contribution is -2.25. The minimum absolute atomic E-state index is 0.236. The average molecular weight is 300 g/mol. The highest BCUT2D eigenvalue weighted by atomic mass is 32.1. The van der Waals surface area contributed by atoms with Gasteiger partial charge in [-0.2, -0.15) is 4.37 Å². The molecule has 0 atom stereocenters. The van der Waals surface area contributed by atoms with Crippen molar-refractivity contribution in [3.8, 4) is 0 Å². The van der Waals surface area contributed by atoms with E-state index in [2.05, 4.69) is 28.4 Å². The summed E-state index contributed by atoms with van der Waals surface area (Å²) in [5, 5.41) is 3.92. The van der Waals surface area contributed by atoms with Crippen molar-refractivity contribution in [1.29, 1.82) is 0 Å². The predicted octanol–water partition coefficient (Wildman–Crippen LogP) is 2.05. The quantitative estimate of drug-likeness (QED) is 0.536. The molecule has 1 aromatic rings. The van der Waals surface area contributed by atoms with Crippen molar-refractivity contribution in [2.75, 3.05) is 43.8 Å². The number of nitrogens with zero attached hydrogens (tertiary/aromatic N) is 2. The molecule has 1 aromatic heterocycles. The van der Waals surface area contributed by atoms with E-state index in [-0.39, 0.29) is 5.82 Å². The molecule has 0 amide bonds. The van der Waals surface area contributed by atoms with Crippen LogP contribution in [0.25, 0.3) is 0 Å². The largest absolute Gasteiger partial charge is 0.462 e. The van der Waals surface area contributed by atoms with E-state index in [1.165, 1.54) is 11.5 Å². The van der Waals surface area contributed by atoms with Crippen molar-refractivity contribution in [2.45, 2.75) is 27.2 Å². The van der Waals surface area contributed by atoms with E-state index in [0.717, 1.165) is 32.6 Å². The maximum atomic E-state index is 11.8. The third kappa shape index (κ3) is 4.64. The fourth-order valence-electron chi connectivity index (χ4n) is 1.87. The molecular formula is C13H24N4O2S. The van der Waals surface area contributed by atoms with E-state index >= 15 is 0 Å². The van der Waals surface area contributed by atoms with E-state index < -0.39 is 5.97 Å². The van der Waals surface area contributed by atoms with E-state index in [0.29, 0.717) is 17.2 Å². The molecule has 0 saturated heterocycles. The number of rotatable bonds is 9. The number of esters is 1. The maximum absolute atomic E-state index is 11.8. The van der Waals surface area contributed by atoms with Crippen LogP contribution in [0.4, 0.5) is 10.8 Å². The van der Waals surface area contributed by atoms with Crippen LogP contribution in [0.3, 0.4) is 0 Å². The van der Waals surface area contributed by atoms with Gasteiger partial charge < -0.3 is 20.7 Å². The van der Waals surface area contributed by atoms with Crippen LogP contribution in [0, 0.1) is 0 Å². The number of anilines is 2. The van der Waals surface area contributed by atoms with Crippen LogP contribution in [-0.2, 0) is 4.74 Å². The minimum atomic E-state index is -0.412. The van der Waals surface area contributed by atoms with E-state index in [4.69, 9.17) is 10.5 Å². The van der Waals surface area contributed by atoms with Crippen LogP contribution in [0.5, 0.6) is 0 Å². The SMILES string of the molecule is CCOC(=O)c1c(N)nsc1NCCCN(CC)CC. The summed E-state index contributed by atoms with van der Waals surface area (Å²) in [6.45, 7) is 10.3. The van der Waals surface area contributed by atoms with Gasteiger partial charge in [0.2, 0.25) is 0 Å². The van der Waals surface area contributed by atoms with E-state index in [9.17, 15) is 4.79 Å². The summed E-state index contributed by atoms with van der Waals surface area (Å²) >= 11 is 1.20. The summed E-state index contributed by atoms with van der Waals surface area (Å²) in [6, 6.07) is 0. The molecule has 114 valence electrons.